The summed E-state index contributed by atoms with van der Waals surface area (Å²) in [5.41, 5.74) is 2.91. The molecule has 2 aromatic carbocycles. The van der Waals surface area contributed by atoms with Crippen molar-refractivity contribution in [2.45, 2.75) is 18.9 Å². The third-order valence-electron chi connectivity index (χ3n) is 4.68. The van der Waals surface area contributed by atoms with Crippen molar-refractivity contribution in [2.24, 2.45) is 0 Å². The van der Waals surface area contributed by atoms with Crippen molar-refractivity contribution in [2.75, 3.05) is 19.7 Å². The minimum atomic E-state index is -0.434. The number of piperidine rings is 1. The van der Waals surface area contributed by atoms with Gasteiger partial charge in [-0.05, 0) is 36.1 Å². The van der Waals surface area contributed by atoms with Gasteiger partial charge in [-0.2, -0.15) is 0 Å². The van der Waals surface area contributed by atoms with Crippen molar-refractivity contribution in [3.8, 4) is 11.1 Å². The van der Waals surface area contributed by atoms with Gasteiger partial charge in [-0.15, -0.1) is 0 Å². The van der Waals surface area contributed by atoms with Crippen LogP contribution in [0.2, 0.25) is 0 Å². The lowest BCUT2D eigenvalue weighted by Crippen LogP contribution is -2.46. The summed E-state index contributed by atoms with van der Waals surface area (Å²) in [6.45, 7) is 4.94. The Labute approximate surface area is 159 Å². The van der Waals surface area contributed by atoms with E-state index in [1.165, 1.54) is 6.08 Å². The SMILES string of the molecule is C=CCOC(=O)NC1CCN(C(=O)c2ccc(-c3ccccc3)cc2)CC1. The summed E-state index contributed by atoms with van der Waals surface area (Å²) in [6, 6.07) is 17.8. The molecular weight excluding hydrogens is 340 g/mol. The lowest BCUT2D eigenvalue weighted by Gasteiger charge is -2.32. The molecule has 0 aromatic heterocycles. The van der Waals surface area contributed by atoms with E-state index in [2.05, 4.69) is 24.0 Å². The van der Waals surface area contributed by atoms with Crippen LogP contribution in [0.1, 0.15) is 23.2 Å². The minimum Gasteiger partial charge on any atom is -0.445 e. The van der Waals surface area contributed by atoms with Crippen LogP contribution in [-0.2, 0) is 4.74 Å². The summed E-state index contributed by atoms with van der Waals surface area (Å²) in [5, 5.41) is 2.83. The molecule has 2 aromatic rings. The molecule has 1 heterocycles. The molecule has 1 N–H and O–H groups in total. The number of carbonyl (C=O) groups is 2. The summed E-state index contributed by atoms with van der Waals surface area (Å²) in [7, 11) is 0. The zero-order valence-electron chi connectivity index (χ0n) is 15.3. The van der Waals surface area contributed by atoms with E-state index in [-0.39, 0.29) is 18.6 Å². The standard InChI is InChI=1S/C22H24N2O3/c1-2-16-27-22(26)23-20-12-14-24(15-13-20)21(25)19-10-8-18(9-11-19)17-6-4-3-5-7-17/h2-11,20H,1,12-16H2,(H,23,26). The van der Waals surface area contributed by atoms with Gasteiger partial charge >= 0.3 is 6.09 Å². The van der Waals surface area contributed by atoms with Gasteiger partial charge in [0.15, 0.2) is 0 Å². The topological polar surface area (TPSA) is 58.6 Å². The maximum Gasteiger partial charge on any atom is 0.407 e. The fourth-order valence-electron chi connectivity index (χ4n) is 3.19. The van der Waals surface area contributed by atoms with Crippen molar-refractivity contribution < 1.29 is 14.3 Å². The molecule has 1 aliphatic rings. The van der Waals surface area contributed by atoms with Crippen molar-refractivity contribution in [3.63, 3.8) is 0 Å². The molecule has 5 nitrogen and oxygen atoms in total. The smallest absolute Gasteiger partial charge is 0.407 e. The Morgan fingerprint density at radius 3 is 2.30 bits per heavy atom. The zero-order chi connectivity index (χ0) is 19.1. The Kier molecular flexibility index (Phi) is 6.26. The minimum absolute atomic E-state index is 0.0299. The number of alkyl carbamates (subject to hydrolysis) is 1. The van der Waals surface area contributed by atoms with Gasteiger partial charge in [0.05, 0.1) is 0 Å². The number of rotatable bonds is 5. The van der Waals surface area contributed by atoms with E-state index in [0.29, 0.717) is 18.7 Å². The van der Waals surface area contributed by atoms with Gasteiger partial charge < -0.3 is 15.0 Å². The number of nitrogens with zero attached hydrogens (tertiary/aromatic N) is 1. The van der Waals surface area contributed by atoms with E-state index in [1.54, 1.807) is 0 Å². The normalized spacial score (nSPS) is 14.4. The molecule has 1 saturated heterocycles. The molecule has 140 valence electrons. The molecule has 0 spiro atoms. The number of nitrogens with one attached hydrogen (secondary N) is 1. The largest absolute Gasteiger partial charge is 0.445 e. The van der Waals surface area contributed by atoms with Crippen LogP contribution in [0.15, 0.2) is 67.3 Å². The maximum absolute atomic E-state index is 12.7. The van der Waals surface area contributed by atoms with Gasteiger partial charge in [-0.25, -0.2) is 4.79 Å². The zero-order valence-corrected chi connectivity index (χ0v) is 15.3. The van der Waals surface area contributed by atoms with E-state index in [1.807, 2.05) is 47.4 Å². The Balaban J connectivity index is 1.53. The van der Waals surface area contributed by atoms with E-state index >= 15 is 0 Å². The van der Waals surface area contributed by atoms with Gasteiger partial charge in [0.25, 0.3) is 5.91 Å². The van der Waals surface area contributed by atoms with Crippen LogP contribution >= 0.6 is 0 Å². The van der Waals surface area contributed by atoms with Crippen molar-refractivity contribution in [3.05, 3.63) is 72.8 Å². The number of ether oxygens (including phenoxy) is 1. The molecule has 5 heteroatoms. The van der Waals surface area contributed by atoms with Crippen LogP contribution in [0, 0.1) is 0 Å². The monoisotopic (exact) mass is 364 g/mol. The molecule has 0 bridgehead atoms. The van der Waals surface area contributed by atoms with Crippen LogP contribution in [0.5, 0.6) is 0 Å². The van der Waals surface area contributed by atoms with Crippen molar-refractivity contribution in [1.82, 2.24) is 10.2 Å². The molecular formula is C22H24N2O3. The van der Waals surface area contributed by atoms with Crippen LogP contribution < -0.4 is 5.32 Å². The molecule has 1 aliphatic heterocycles. The van der Waals surface area contributed by atoms with Gasteiger partial charge in [0.2, 0.25) is 0 Å². The highest BCUT2D eigenvalue weighted by molar-refractivity contribution is 5.94. The molecule has 0 saturated carbocycles. The Bertz CT molecular complexity index is 779. The third-order valence-corrected chi connectivity index (χ3v) is 4.68. The molecule has 27 heavy (non-hydrogen) atoms. The number of carbonyl (C=O) groups excluding carboxylic acids is 2. The average molecular weight is 364 g/mol. The van der Waals surface area contributed by atoms with Crippen molar-refractivity contribution in [1.29, 1.82) is 0 Å². The van der Waals surface area contributed by atoms with Gasteiger partial charge in [0, 0.05) is 24.7 Å². The number of hydrogen-bond acceptors (Lipinski definition) is 3. The molecule has 0 aliphatic carbocycles. The molecule has 2 amide bonds. The fraction of sp³-hybridized carbons (Fsp3) is 0.273. The van der Waals surface area contributed by atoms with Crippen LogP contribution in [0.4, 0.5) is 4.79 Å². The highest BCUT2D eigenvalue weighted by Crippen LogP contribution is 2.21. The lowest BCUT2D eigenvalue weighted by atomic mass is 10.0. The summed E-state index contributed by atoms with van der Waals surface area (Å²) in [6.07, 6.45) is 2.54. The second kappa shape index (κ2) is 9.03. The Morgan fingerprint density at radius 2 is 1.67 bits per heavy atom. The summed E-state index contributed by atoms with van der Waals surface area (Å²) < 4.78 is 4.94. The first-order valence-electron chi connectivity index (χ1n) is 9.16. The van der Waals surface area contributed by atoms with E-state index in [4.69, 9.17) is 4.74 Å². The quantitative estimate of drug-likeness (QED) is 0.820. The first-order valence-corrected chi connectivity index (χ1v) is 9.16. The van der Waals surface area contributed by atoms with Crippen molar-refractivity contribution >= 4 is 12.0 Å². The number of likely N-dealkylation sites (tertiary alicyclic amines) is 1. The number of amides is 2. The first kappa shape index (κ1) is 18.7. The summed E-state index contributed by atoms with van der Waals surface area (Å²) >= 11 is 0. The van der Waals surface area contributed by atoms with Crippen LogP contribution in [-0.4, -0.2) is 42.6 Å². The van der Waals surface area contributed by atoms with Crippen LogP contribution in [0.25, 0.3) is 11.1 Å². The maximum atomic E-state index is 12.7. The second-order valence-electron chi connectivity index (χ2n) is 6.54. The predicted molar refractivity (Wildman–Crippen MR) is 105 cm³/mol. The molecule has 0 unspecified atom stereocenters. The number of benzene rings is 2. The second-order valence-corrected chi connectivity index (χ2v) is 6.54. The van der Waals surface area contributed by atoms with Gasteiger partial charge in [0.1, 0.15) is 6.61 Å². The van der Waals surface area contributed by atoms with Gasteiger partial charge in [-0.3, -0.25) is 4.79 Å². The highest BCUT2D eigenvalue weighted by Gasteiger charge is 2.24. The lowest BCUT2D eigenvalue weighted by molar-refractivity contribution is 0.0703. The number of hydrogen-bond donors (Lipinski definition) is 1. The first-order chi connectivity index (χ1) is 13.2. The Hall–Kier alpha value is -3.08. The summed E-state index contributed by atoms with van der Waals surface area (Å²) in [4.78, 5) is 26.2. The Morgan fingerprint density at radius 1 is 1.04 bits per heavy atom. The van der Waals surface area contributed by atoms with Crippen LogP contribution in [0.3, 0.4) is 0 Å². The van der Waals surface area contributed by atoms with E-state index in [9.17, 15) is 9.59 Å². The van der Waals surface area contributed by atoms with Gasteiger partial charge in [-0.1, -0.05) is 55.1 Å². The highest BCUT2D eigenvalue weighted by atomic mass is 16.5. The predicted octanol–water partition coefficient (Wildman–Crippen LogP) is 3.87. The average Bonchev–Trinajstić information content (AvgIpc) is 2.73. The molecule has 3 rings (SSSR count). The third kappa shape index (κ3) is 4.97. The van der Waals surface area contributed by atoms with E-state index < -0.39 is 6.09 Å². The molecule has 0 radical (unpaired) electrons. The fourth-order valence-corrected chi connectivity index (χ4v) is 3.19. The molecule has 1 fully saturated rings. The van der Waals surface area contributed by atoms with E-state index in [0.717, 1.165) is 24.0 Å². The molecule has 0 atom stereocenters. The summed E-state index contributed by atoms with van der Waals surface area (Å²) in [5.74, 6) is 0.0299.